The summed E-state index contributed by atoms with van der Waals surface area (Å²) in [6, 6.07) is 21.1. The van der Waals surface area contributed by atoms with Crippen LogP contribution in [0.2, 0.25) is 5.02 Å². The summed E-state index contributed by atoms with van der Waals surface area (Å²) in [6.45, 7) is 1.52. The van der Waals surface area contributed by atoms with Crippen LogP contribution in [0.4, 0.5) is 11.4 Å². The summed E-state index contributed by atoms with van der Waals surface area (Å²) in [5, 5.41) is 5.82. The molecule has 0 saturated carbocycles. The molecule has 0 saturated heterocycles. The third-order valence-electron chi connectivity index (χ3n) is 4.46. The van der Waals surface area contributed by atoms with Crippen LogP contribution in [0.5, 0.6) is 11.5 Å². The molecule has 0 unspecified atom stereocenters. The lowest BCUT2D eigenvalue weighted by molar-refractivity contribution is -0.147. The lowest BCUT2D eigenvalue weighted by atomic mass is 10.2. The van der Waals surface area contributed by atoms with E-state index < -0.39 is 18.5 Å². The molecule has 0 aliphatic carbocycles. The number of anilines is 2. The molecular formula is C25H23ClN2O5. The Hall–Kier alpha value is -3.84. The highest BCUT2D eigenvalue weighted by atomic mass is 35.5. The zero-order valence-corrected chi connectivity index (χ0v) is 18.7. The highest BCUT2D eigenvalue weighted by molar-refractivity contribution is 6.32. The first-order chi connectivity index (χ1) is 15.9. The summed E-state index contributed by atoms with van der Waals surface area (Å²) in [5.74, 6) is -0.338. The van der Waals surface area contributed by atoms with Crippen LogP contribution in [-0.2, 0) is 19.1 Å². The molecule has 3 rings (SSSR count). The van der Waals surface area contributed by atoms with E-state index in [1.165, 1.54) is 0 Å². The van der Waals surface area contributed by atoms with Gasteiger partial charge in [-0.05, 0) is 55.5 Å². The number of hydrogen-bond acceptors (Lipinski definition) is 5. The normalized spacial score (nSPS) is 10.2. The summed E-state index contributed by atoms with van der Waals surface area (Å²) in [5.41, 5.74) is 2.24. The minimum atomic E-state index is -0.632. The monoisotopic (exact) mass is 466 g/mol. The van der Waals surface area contributed by atoms with Gasteiger partial charge in [0.05, 0.1) is 11.4 Å². The maximum atomic E-state index is 12.1. The van der Waals surface area contributed by atoms with Gasteiger partial charge in [-0.3, -0.25) is 14.4 Å². The number of nitrogens with one attached hydrogen (secondary N) is 2. The summed E-state index contributed by atoms with van der Waals surface area (Å²) in [6.07, 6.45) is -0.215. The van der Waals surface area contributed by atoms with Crippen LogP contribution in [0, 0.1) is 6.92 Å². The number of para-hydroxylation sites is 1. The second-order valence-electron chi connectivity index (χ2n) is 7.18. The molecule has 3 aromatic carbocycles. The van der Waals surface area contributed by atoms with Crippen LogP contribution < -0.4 is 15.4 Å². The molecule has 7 nitrogen and oxygen atoms in total. The molecule has 8 heteroatoms. The predicted molar refractivity (Wildman–Crippen MR) is 127 cm³/mol. The zero-order chi connectivity index (χ0) is 23.6. The van der Waals surface area contributed by atoms with Crippen molar-refractivity contribution in [1.29, 1.82) is 0 Å². The van der Waals surface area contributed by atoms with E-state index in [1.54, 1.807) is 48.5 Å². The molecule has 3 aromatic rings. The van der Waals surface area contributed by atoms with Gasteiger partial charge in [0.1, 0.15) is 11.5 Å². The van der Waals surface area contributed by atoms with Crippen LogP contribution in [-0.4, -0.2) is 24.4 Å². The fourth-order valence-corrected chi connectivity index (χ4v) is 2.93. The first-order valence-electron chi connectivity index (χ1n) is 10.2. The number of esters is 1. The Kier molecular flexibility index (Phi) is 8.43. The number of aryl methyl sites for hydroxylation is 1. The molecule has 0 aliphatic rings. The summed E-state index contributed by atoms with van der Waals surface area (Å²) in [4.78, 5) is 35.8. The average molecular weight is 467 g/mol. The van der Waals surface area contributed by atoms with Crippen molar-refractivity contribution in [3.05, 3.63) is 83.4 Å². The van der Waals surface area contributed by atoms with Crippen LogP contribution in [0.1, 0.15) is 18.4 Å². The lowest BCUT2D eigenvalue weighted by Gasteiger charge is -2.09. The minimum absolute atomic E-state index is 0.0731. The number of ether oxygens (including phenoxy) is 2. The highest BCUT2D eigenvalue weighted by Crippen LogP contribution is 2.29. The topological polar surface area (TPSA) is 93.7 Å². The van der Waals surface area contributed by atoms with Crippen molar-refractivity contribution >= 4 is 40.8 Å². The van der Waals surface area contributed by atoms with Gasteiger partial charge in [0, 0.05) is 17.8 Å². The first kappa shape index (κ1) is 23.8. The summed E-state index contributed by atoms with van der Waals surface area (Å²) < 4.78 is 10.6. The minimum Gasteiger partial charge on any atom is -0.456 e. The Morgan fingerprint density at radius 2 is 1.39 bits per heavy atom. The lowest BCUT2D eigenvalue weighted by Crippen LogP contribution is -2.21. The van der Waals surface area contributed by atoms with Gasteiger partial charge in [0.2, 0.25) is 5.91 Å². The quantitative estimate of drug-likeness (QED) is 0.415. The highest BCUT2D eigenvalue weighted by Gasteiger charge is 2.11. The molecule has 0 heterocycles. The van der Waals surface area contributed by atoms with Crippen molar-refractivity contribution in [2.24, 2.45) is 0 Å². The van der Waals surface area contributed by atoms with Crippen molar-refractivity contribution in [3.63, 3.8) is 0 Å². The van der Waals surface area contributed by atoms with Gasteiger partial charge in [-0.1, -0.05) is 41.4 Å². The van der Waals surface area contributed by atoms with E-state index in [4.69, 9.17) is 21.1 Å². The van der Waals surface area contributed by atoms with E-state index in [2.05, 4.69) is 10.6 Å². The van der Waals surface area contributed by atoms with E-state index >= 15 is 0 Å². The van der Waals surface area contributed by atoms with Crippen molar-refractivity contribution in [2.45, 2.75) is 19.8 Å². The third kappa shape index (κ3) is 7.97. The molecule has 170 valence electrons. The molecule has 2 N–H and O–H groups in total. The Morgan fingerprint density at radius 1 is 0.788 bits per heavy atom. The van der Waals surface area contributed by atoms with Crippen LogP contribution in [0.25, 0.3) is 0 Å². The molecule has 0 spiro atoms. The van der Waals surface area contributed by atoms with Gasteiger partial charge in [-0.25, -0.2) is 0 Å². The average Bonchev–Trinajstić information content (AvgIpc) is 2.80. The summed E-state index contributed by atoms with van der Waals surface area (Å²) in [7, 11) is 0. The number of hydrogen-bond donors (Lipinski definition) is 2. The summed E-state index contributed by atoms with van der Waals surface area (Å²) >= 11 is 6.07. The number of rotatable bonds is 9. The molecule has 33 heavy (non-hydrogen) atoms. The van der Waals surface area contributed by atoms with E-state index in [0.29, 0.717) is 27.9 Å². The molecule has 0 aliphatic heterocycles. The van der Waals surface area contributed by atoms with Gasteiger partial charge in [-0.15, -0.1) is 0 Å². The van der Waals surface area contributed by atoms with E-state index in [0.717, 1.165) is 5.56 Å². The molecule has 2 amide bonds. The smallest absolute Gasteiger partial charge is 0.306 e. The molecule has 0 radical (unpaired) electrons. The molecular weight excluding hydrogens is 444 g/mol. The number of amides is 2. The third-order valence-corrected chi connectivity index (χ3v) is 4.77. The van der Waals surface area contributed by atoms with Gasteiger partial charge in [-0.2, -0.15) is 0 Å². The van der Waals surface area contributed by atoms with E-state index in [1.807, 2.05) is 31.2 Å². The standard InChI is InChI=1S/C25H23ClN2O5/c1-17-6-8-18(9-7-17)28-24(30)16-32-25(31)15-14-23(29)27-19-10-12-20(13-11-19)33-22-5-3-2-4-21(22)26/h2-13H,14-16H2,1H3,(H,27,29)(H,28,30). The zero-order valence-electron chi connectivity index (χ0n) is 18.0. The van der Waals surface area contributed by atoms with Gasteiger partial charge >= 0.3 is 5.97 Å². The van der Waals surface area contributed by atoms with Crippen molar-refractivity contribution < 1.29 is 23.9 Å². The van der Waals surface area contributed by atoms with Gasteiger partial charge < -0.3 is 20.1 Å². The van der Waals surface area contributed by atoms with E-state index in [9.17, 15) is 14.4 Å². The maximum absolute atomic E-state index is 12.1. The first-order valence-corrected chi connectivity index (χ1v) is 10.6. The largest absolute Gasteiger partial charge is 0.456 e. The molecule has 0 fully saturated rings. The van der Waals surface area contributed by atoms with Crippen molar-refractivity contribution in [3.8, 4) is 11.5 Å². The van der Waals surface area contributed by atoms with Gasteiger partial charge in [0.15, 0.2) is 6.61 Å². The Bertz CT molecular complexity index is 1110. The van der Waals surface area contributed by atoms with Crippen molar-refractivity contribution in [1.82, 2.24) is 0 Å². The maximum Gasteiger partial charge on any atom is 0.306 e. The van der Waals surface area contributed by atoms with E-state index in [-0.39, 0.29) is 18.7 Å². The van der Waals surface area contributed by atoms with Crippen molar-refractivity contribution in [2.75, 3.05) is 17.2 Å². The second-order valence-corrected chi connectivity index (χ2v) is 7.59. The van der Waals surface area contributed by atoms with Crippen LogP contribution in [0.15, 0.2) is 72.8 Å². The Labute approximate surface area is 196 Å². The molecule has 0 bridgehead atoms. The molecule has 0 atom stereocenters. The molecule has 0 aromatic heterocycles. The van der Waals surface area contributed by atoms with Crippen LogP contribution >= 0.6 is 11.6 Å². The number of halogens is 1. The fourth-order valence-electron chi connectivity index (χ4n) is 2.75. The SMILES string of the molecule is Cc1ccc(NC(=O)COC(=O)CCC(=O)Nc2ccc(Oc3ccccc3Cl)cc2)cc1. The number of carbonyl (C=O) groups excluding carboxylic acids is 3. The van der Waals surface area contributed by atoms with Crippen LogP contribution in [0.3, 0.4) is 0 Å². The fraction of sp³-hybridized carbons (Fsp3) is 0.160. The Balaban J connectivity index is 1.37. The second kappa shape index (κ2) is 11.7. The van der Waals surface area contributed by atoms with Gasteiger partial charge in [0.25, 0.3) is 5.91 Å². The number of benzene rings is 3. The number of carbonyl (C=O) groups is 3. The predicted octanol–water partition coefficient (Wildman–Crippen LogP) is 5.34. The Morgan fingerprint density at radius 3 is 2.06 bits per heavy atom.